The van der Waals surface area contributed by atoms with Gasteiger partial charge in [0.25, 0.3) is 10.0 Å². The molecule has 0 aromatic heterocycles. The summed E-state index contributed by atoms with van der Waals surface area (Å²) in [5, 5.41) is 12.1. The van der Waals surface area contributed by atoms with Crippen molar-refractivity contribution in [1.82, 2.24) is 10.2 Å². The molecule has 1 unspecified atom stereocenters. The Morgan fingerprint density at radius 1 is 1.09 bits per heavy atom. The predicted octanol–water partition coefficient (Wildman–Crippen LogP) is 6.52. The molecule has 2 amide bonds. The van der Waals surface area contributed by atoms with E-state index in [4.69, 9.17) is 16.3 Å². The first-order valence-electron chi connectivity index (χ1n) is 14.5. The number of hydrogen-bond donors (Lipinski definition) is 2. The van der Waals surface area contributed by atoms with Gasteiger partial charge in [0, 0.05) is 18.7 Å². The molecule has 1 atom stereocenters. The molecule has 3 aromatic carbocycles. The fourth-order valence-electron chi connectivity index (χ4n) is 5.55. The molecule has 5 rings (SSSR count). The minimum absolute atomic E-state index is 0.0295. The molecule has 0 spiro atoms. The van der Waals surface area contributed by atoms with Crippen molar-refractivity contribution in [3.8, 4) is 5.75 Å². The van der Waals surface area contributed by atoms with Crippen LogP contribution in [0.4, 0.5) is 28.0 Å². The number of carbonyl (C=O) groups is 2. The molecular formula is C32H30ClF4N3O6S. The molecule has 1 saturated heterocycles. The molecule has 2 heterocycles. The number of sulfonamides is 1. The fraction of sp³-hybridized carbons (Fsp3) is 0.312. The van der Waals surface area contributed by atoms with Crippen molar-refractivity contribution in [3.05, 3.63) is 88.2 Å². The number of carboxylic acid groups (broad SMARTS) is 1. The number of anilines is 1. The Balaban J connectivity index is 1.46. The highest BCUT2D eigenvalue weighted by molar-refractivity contribution is 7.92. The molecule has 2 aliphatic heterocycles. The molecule has 9 nitrogen and oxygen atoms in total. The van der Waals surface area contributed by atoms with Crippen molar-refractivity contribution in [2.24, 2.45) is 5.92 Å². The highest BCUT2D eigenvalue weighted by Crippen LogP contribution is 2.40. The molecule has 2 N–H and O–H groups in total. The first-order chi connectivity index (χ1) is 22.1. The van der Waals surface area contributed by atoms with E-state index in [0.717, 1.165) is 22.5 Å². The molecule has 3 aromatic rings. The van der Waals surface area contributed by atoms with Crippen LogP contribution in [0.3, 0.4) is 0 Å². The molecule has 47 heavy (non-hydrogen) atoms. The lowest BCUT2D eigenvalue weighted by molar-refractivity contribution is -0.143. The summed E-state index contributed by atoms with van der Waals surface area (Å²) in [5.74, 6) is -1.94. The van der Waals surface area contributed by atoms with Crippen LogP contribution < -0.4 is 14.4 Å². The zero-order chi connectivity index (χ0) is 34.1. The number of benzene rings is 3. The van der Waals surface area contributed by atoms with Gasteiger partial charge in [0.2, 0.25) is 0 Å². The van der Waals surface area contributed by atoms with E-state index in [-0.39, 0.29) is 48.2 Å². The molecule has 0 saturated carbocycles. The van der Waals surface area contributed by atoms with Crippen molar-refractivity contribution in [2.75, 3.05) is 30.5 Å². The molecule has 0 radical (unpaired) electrons. The third-order valence-electron chi connectivity index (χ3n) is 8.02. The van der Waals surface area contributed by atoms with E-state index in [1.807, 2.05) is 0 Å². The van der Waals surface area contributed by atoms with E-state index >= 15 is 0 Å². The number of amides is 2. The van der Waals surface area contributed by atoms with Crippen molar-refractivity contribution in [1.29, 1.82) is 0 Å². The number of rotatable bonds is 7. The van der Waals surface area contributed by atoms with Crippen molar-refractivity contribution in [3.63, 3.8) is 0 Å². The van der Waals surface area contributed by atoms with Crippen LogP contribution in [0.15, 0.2) is 65.6 Å². The Kier molecular flexibility index (Phi) is 9.73. The molecule has 0 aliphatic carbocycles. The van der Waals surface area contributed by atoms with Gasteiger partial charge in [0.1, 0.15) is 17.7 Å². The number of carbonyl (C=O) groups excluding carboxylic acids is 1. The lowest BCUT2D eigenvalue weighted by Crippen LogP contribution is -2.51. The first-order valence-corrected chi connectivity index (χ1v) is 16.4. The van der Waals surface area contributed by atoms with Crippen LogP contribution in [0.5, 0.6) is 5.75 Å². The monoisotopic (exact) mass is 695 g/mol. The molecule has 15 heteroatoms. The lowest BCUT2D eigenvalue weighted by atomic mass is 9.97. The van der Waals surface area contributed by atoms with Gasteiger partial charge in [-0.15, -0.1) is 0 Å². The van der Waals surface area contributed by atoms with Crippen LogP contribution in [0, 0.1) is 11.7 Å². The minimum atomic E-state index is -4.79. The van der Waals surface area contributed by atoms with Crippen LogP contribution >= 0.6 is 11.6 Å². The van der Waals surface area contributed by atoms with Crippen molar-refractivity contribution in [2.45, 2.75) is 36.9 Å². The molecule has 2 aliphatic rings. The average molecular weight is 696 g/mol. The fourth-order valence-corrected chi connectivity index (χ4v) is 7.41. The van der Waals surface area contributed by atoms with Gasteiger partial charge in [-0.3, -0.25) is 9.10 Å². The van der Waals surface area contributed by atoms with E-state index in [0.29, 0.717) is 30.0 Å². The van der Waals surface area contributed by atoms with Gasteiger partial charge in [-0.2, -0.15) is 13.2 Å². The van der Waals surface area contributed by atoms with Crippen LogP contribution in [0.25, 0.3) is 11.6 Å². The number of aliphatic carboxylic acids is 1. The van der Waals surface area contributed by atoms with Crippen LogP contribution in [-0.4, -0.2) is 62.7 Å². The van der Waals surface area contributed by atoms with Gasteiger partial charge in [-0.1, -0.05) is 35.9 Å². The lowest BCUT2D eigenvalue weighted by Gasteiger charge is -2.36. The van der Waals surface area contributed by atoms with Gasteiger partial charge in [-0.05, 0) is 73.4 Å². The minimum Gasteiger partial charge on any atom is -0.484 e. The third-order valence-corrected chi connectivity index (χ3v) is 10.1. The number of piperidine rings is 1. The Hall–Kier alpha value is -4.30. The Morgan fingerprint density at radius 2 is 1.79 bits per heavy atom. The Morgan fingerprint density at radius 3 is 2.45 bits per heavy atom. The zero-order valence-electron chi connectivity index (χ0n) is 24.9. The quantitative estimate of drug-likeness (QED) is 0.215. The number of hydrogen-bond acceptors (Lipinski definition) is 5. The van der Waals surface area contributed by atoms with Gasteiger partial charge in [-0.25, -0.2) is 17.6 Å². The normalized spacial score (nSPS) is 17.6. The maximum absolute atomic E-state index is 14.6. The molecular weight excluding hydrogens is 666 g/mol. The van der Waals surface area contributed by atoms with Gasteiger partial charge in [0.05, 0.1) is 40.2 Å². The van der Waals surface area contributed by atoms with Crippen LogP contribution in [0.2, 0.25) is 5.02 Å². The number of fused-ring (bicyclic) bond motifs is 1. The predicted molar refractivity (Wildman–Crippen MR) is 167 cm³/mol. The number of allylic oxidation sites excluding steroid dienone is 1. The maximum Gasteiger partial charge on any atom is 0.416 e. The Labute approximate surface area is 273 Å². The van der Waals surface area contributed by atoms with Crippen LogP contribution in [0.1, 0.15) is 36.5 Å². The van der Waals surface area contributed by atoms with E-state index in [9.17, 15) is 40.7 Å². The van der Waals surface area contributed by atoms with Gasteiger partial charge < -0.3 is 20.1 Å². The zero-order valence-corrected chi connectivity index (χ0v) is 26.5. The Bertz CT molecular complexity index is 1810. The summed E-state index contributed by atoms with van der Waals surface area (Å²) in [5.41, 5.74) is -0.0898. The number of nitrogens with zero attached hydrogens (tertiary/aromatic N) is 2. The summed E-state index contributed by atoms with van der Waals surface area (Å²) in [4.78, 5) is 24.9. The highest BCUT2D eigenvalue weighted by atomic mass is 35.5. The summed E-state index contributed by atoms with van der Waals surface area (Å²) < 4.78 is 90.0. The maximum atomic E-state index is 14.6. The second kappa shape index (κ2) is 13.4. The van der Waals surface area contributed by atoms with Crippen LogP contribution in [-0.2, 0) is 21.0 Å². The standard InChI is InChI=1S/C32H30ClF4N3O6S/c1-19(29-25(33)6-3-7-26(29)34)14-20-8-9-28-27(15-20)40(47(44,45)24-5-2-4-22(16-24)32(35,36)37)18-23(46-28)17-38-31(43)39-12-10-21(11-13-39)30(41)42/h2-9,14-16,21,23H,10-13,17-18H2,1H3,(H,38,43)(H,41,42). The SMILES string of the molecule is CC(=Cc1ccc2c(c1)N(S(=O)(=O)c1cccc(C(F)(F)F)c1)CC(CNC(=O)N1CCC(C(=O)O)CC1)O2)c1c(F)cccc1Cl. The van der Waals surface area contributed by atoms with Crippen molar-refractivity contribution >= 4 is 51.0 Å². The van der Waals surface area contributed by atoms with Crippen molar-refractivity contribution < 1.29 is 45.4 Å². The largest absolute Gasteiger partial charge is 0.484 e. The number of nitrogens with one attached hydrogen (secondary N) is 1. The van der Waals surface area contributed by atoms with E-state index in [1.54, 1.807) is 19.1 Å². The first kappa shape index (κ1) is 34.0. The third kappa shape index (κ3) is 7.49. The second-order valence-corrected chi connectivity index (χ2v) is 13.5. The van der Waals surface area contributed by atoms with Gasteiger partial charge in [0.15, 0.2) is 0 Å². The second-order valence-electron chi connectivity index (χ2n) is 11.2. The summed E-state index contributed by atoms with van der Waals surface area (Å²) in [6, 6.07) is 11.7. The molecule has 0 bridgehead atoms. The number of alkyl halides is 3. The van der Waals surface area contributed by atoms with E-state index in [1.165, 1.54) is 35.2 Å². The molecule has 1 fully saturated rings. The summed E-state index contributed by atoms with van der Waals surface area (Å²) in [6.07, 6.45) is -3.57. The number of likely N-dealkylation sites (tertiary alicyclic amines) is 1. The van der Waals surface area contributed by atoms with E-state index in [2.05, 4.69) is 5.32 Å². The smallest absolute Gasteiger partial charge is 0.416 e. The summed E-state index contributed by atoms with van der Waals surface area (Å²) >= 11 is 6.21. The number of halogens is 5. The van der Waals surface area contributed by atoms with E-state index < -0.39 is 56.5 Å². The highest BCUT2D eigenvalue weighted by Gasteiger charge is 2.37. The number of urea groups is 1. The van der Waals surface area contributed by atoms with Gasteiger partial charge >= 0.3 is 18.2 Å². The number of ether oxygens (including phenoxy) is 1. The molecule has 250 valence electrons. The summed E-state index contributed by atoms with van der Waals surface area (Å²) in [7, 11) is -4.60. The topological polar surface area (TPSA) is 116 Å². The average Bonchev–Trinajstić information content (AvgIpc) is 3.03. The number of carboxylic acids is 1. The summed E-state index contributed by atoms with van der Waals surface area (Å²) in [6.45, 7) is 1.55.